The zero-order valence-corrected chi connectivity index (χ0v) is 18.4. The highest BCUT2D eigenvalue weighted by atomic mass is 16.3. The molecule has 2 heterocycles. The van der Waals surface area contributed by atoms with Gasteiger partial charge in [-0.2, -0.15) is 5.10 Å². The molecule has 1 fully saturated rings. The van der Waals surface area contributed by atoms with E-state index >= 15 is 0 Å². The van der Waals surface area contributed by atoms with E-state index in [9.17, 15) is 24.3 Å². The second-order valence-electron chi connectivity index (χ2n) is 8.23. The first-order valence-corrected chi connectivity index (χ1v) is 11.0. The minimum Gasteiger partial charge on any atom is -0.506 e. The van der Waals surface area contributed by atoms with Gasteiger partial charge in [-0.15, -0.1) is 0 Å². The van der Waals surface area contributed by atoms with E-state index in [1.54, 1.807) is 48.5 Å². The lowest BCUT2D eigenvalue weighted by molar-refractivity contribution is -0.125. The van der Waals surface area contributed by atoms with Crippen molar-refractivity contribution < 1.29 is 19.5 Å². The van der Waals surface area contributed by atoms with Gasteiger partial charge < -0.3 is 10.0 Å². The normalized spacial score (nSPS) is 15.3. The topological polar surface area (TPSA) is 144 Å². The Balaban J connectivity index is 1.32. The maximum absolute atomic E-state index is 13.2. The summed E-state index contributed by atoms with van der Waals surface area (Å²) < 4.78 is 0. The summed E-state index contributed by atoms with van der Waals surface area (Å²) in [5.74, 6) is -1.89. The van der Waals surface area contributed by atoms with Gasteiger partial charge in [0.15, 0.2) is 5.69 Å². The van der Waals surface area contributed by atoms with E-state index < -0.39 is 29.3 Å². The molecule has 10 nitrogen and oxygen atoms in total. The van der Waals surface area contributed by atoms with Crippen LogP contribution in [0.25, 0.3) is 21.5 Å². The van der Waals surface area contributed by atoms with Gasteiger partial charge in [0.25, 0.3) is 23.3 Å². The zero-order chi connectivity index (χ0) is 24.5. The summed E-state index contributed by atoms with van der Waals surface area (Å²) in [5, 5.41) is 18.7. The summed E-state index contributed by atoms with van der Waals surface area (Å²) >= 11 is 0. The van der Waals surface area contributed by atoms with Crippen LogP contribution >= 0.6 is 0 Å². The van der Waals surface area contributed by atoms with Crippen LogP contribution in [0, 0.1) is 0 Å². The summed E-state index contributed by atoms with van der Waals surface area (Å²) in [7, 11) is 0. The number of aromatic amines is 1. The van der Waals surface area contributed by atoms with Crippen LogP contribution in [-0.4, -0.2) is 50.5 Å². The summed E-state index contributed by atoms with van der Waals surface area (Å²) in [6.07, 6.45) is 1.000. The number of nitrogens with zero attached hydrogens (tertiary/aromatic N) is 2. The molecule has 4 aromatic rings. The first-order valence-electron chi connectivity index (χ1n) is 11.0. The third kappa shape index (κ3) is 3.95. The number of nitrogens with one attached hydrogen (secondary N) is 3. The Morgan fingerprint density at radius 1 is 0.943 bits per heavy atom. The second-order valence-corrected chi connectivity index (χ2v) is 8.23. The Bertz CT molecular complexity index is 1550. The first kappa shape index (κ1) is 22.1. The maximum Gasteiger partial charge on any atom is 0.290 e. The van der Waals surface area contributed by atoms with Crippen LogP contribution in [0.2, 0.25) is 0 Å². The van der Waals surface area contributed by atoms with Gasteiger partial charge >= 0.3 is 0 Å². The van der Waals surface area contributed by atoms with E-state index in [1.165, 1.54) is 4.90 Å². The van der Waals surface area contributed by atoms with Crippen LogP contribution in [0.3, 0.4) is 0 Å². The van der Waals surface area contributed by atoms with Crippen LogP contribution in [0.15, 0.2) is 65.5 Å². The van der Waals surface area contributed by atoms with Crippen LogP contribution in [-0.2, 0) is 4.79 Å². The number of hydrogen-bond acceptors (Lipinski definition) is 6. The third-order valence-electron chi connectivity index (χ3n) is 6.16. The second kappa shape index (κ2) is 8.90. The number of aromatic nitrogens is 2. The van der Waals surface area contributed by atoms with Gasteiger partial charge in [-0.05, 0) is 30.4 Å². The number of rotatable bonds is 3. The Kier molecular flexibility index (Phi) is 5.61. The fourth-order valence-corrected chi connectivity index (χ4v) is 4.41. The number of fused-ring (bicyclic) bond motifs is 2. The highest BCUT2D eigenvalue weighted by molar-refractivity contribution is 6.07. The van der Waals surface area contributed by atoms with Crippen molar-refractivity contribution in [3.8, 4) is 5.75 Å². The molecule has 0 saturated carbocycles. The Morgan fingerprint density at radius 3 is 2.46 bits per heavy atom. The molecule has 1 aromatic heterocycles. The number of aromatic hydroxyl groups is 1. The highest BCUT2D eigenvalue weighted by Crippen LogP contribution is 2.31. The molecule has 1 saturated heterocycles. The molecule has 3 aromatic carbocycles. The fourth-order valence-electron chi connectivity index (χ4n) is 4.41. The number of benzene rings is 3. The molecule has 0 radical (unpaired) electrons. The van der Waals surface area contributed by atoms with Crippen molar-refractivity contribution in [2.75, 3.05) is 6.54 Å². The predicted octanol–water partition coefficient (Wildman–Crippen LogP) is 1.85. The lowest BCUT2D eigenvalue weighted by Crippen LogP contribution is -2.51. The molecule has 3 amide bonds. The number of phenols is 1. The minimum atomic E-state index is -0.825. The van der Waals surface area contributed by atoms with E-state index in [2.05, 4.69) is 21.0 Å². The molecule has 0 aliphatic carbocycles. The van der Waals surface area contributed by atoms with Gasteiger partial charge in [0, 0.05) is 17.3 Å². The molecule has 5 rings (SSSR count). The van der Waals surface area contributed by atoms with Crippen LogP contribution in [0.4, 0.5) is 0 Å². The molecular formula is C25H21N5O5. The first-order chi connectivity index (χ1) is 17.0. The van der Waals surface area contributed by atoms with E-state index in [4.69, 9.17) is 0 Å². The van der Waals surface area contributed by atoms with Crippen molar-refractivity contribution in [1.82, 2.24) is 25.9 Å². The van der Waals surface area contributed by atoms with Gasteiger partial charge in [-0.25, -0.2) is 5.10 Å². The summed E-state index contributed by atoms with van der Waals surface area (Å²) in [6, 6.07) is 16.1. The standard InChI is InChI=1S/C25H21N5O5/c31-21-15-7-2-1-6-14(15)11-12-18(21)25(35)30-13-5-10-19(30)23(33)28-29-24(34)20-16-8-3-4-9-17(16)22(32)27-26-20/h1-4,6-9,11-12,19,31H,5,10,13H2,(H,27,32)(H,28,33)(H,29,34). The molecule has 176 valence electrons. The van der Waals surface area contributed by atoms with E-state index in [1.807, 2.05) is 12.1 Å². The number of hydrazine groups is 1. The van der Waals surface area contributed by atoms with Gasteiger partial charge in [0.2, 0.25) is 0 Å². The Morgan fingerprint density at radius 2 is 1.66 bits per heavy atom. The fraction of sp³-hybridized carbons (Fsp3) is 0.160. The predicted molar refractivity (Wildman–Crippen MR) is 128 cm³/mol. The summed E-state index contributed by atoms with van der Waals surface area (Å²) in [4.78, 5) is 52.1. The van der Waals surface area contributed by atoms with Gasteiger partial charge in [0.1, 0.15) is 11.8 Å². The maximum atomic E-state index is 13.2. The number of amides is 3. The summed E-state index contributed by atoms with van der Waals surface area (Å²) in [5.41, 5.74) is 4.29. The molecule has 0 bridgehead atoms. The molecule has 1 aliphatic rings. The summed E-state index contributed by atoms with van der Waals surface area (Å²) in [6.45, 7) is 0.337. The van der Waals surface area contributed by atoms with Crippen molar-refractivity contribution >= 4 is 39.3 Å². The lowest BCUT2D eigenvalue weighted by atomic mass is 10.0. The van der Waals surface area contributed by atoms with Crippen molar-refractivity contribution in [3.05, 3.63) is 82.3 Å². The molecule has 1 unspecified atom stereocenters. The third-order valence-corrected chi connectivity index (χ3v) is 6.16. The minimum absolute atomic E-state index is 0.0547. The number of carbonyl (C=O) groups is 3. The number of phenolic OH excluding ortho intramolecular Hbond substituents is 1. The molecule has 10 heteroatoms. The SMILES string of the molecule is O=C(NNC(=O)C1CCCN1C(=O)c1ccc2ccccc2c1O)c1n[nH]c(=O)c2ccccc12. The van der Waals surface area contributed by atoms with Crippen LogP contribution < -0.4 is 16.4 Å². The van der Waals surface area contributed by atoms with E-state index in [0.717, 1.165) is 5.39 Å². The smallest absolute Gasteiger partial charge is 0.290 e. The highest BCUT2D eigenvalue weighted by Gasteiger charge is 2.36. The van der Waals surface area contributed by atoms with E-state index in [0.29, 0.717) is 35.5 Å². The van der Waals surface area contributed by atoms with Gasteiger partial charge in [-0.1, -0.05) is 48.5 Å². The molecule has 0 spiro atoms. The average Bonchev–Trinajstić information content (AvgIpc) is 3.38. The zero-order valence-electron chi connectivity index (χ0n) is 18.4. The molecule has 35 heavy (non-hydrogen) atoms. The van der Waals surface area contributed by atoms with E-state index in [-0.39, 0.29) is 17.0 Å². The molecule has 1 atom stereocenters. The molecule has 1 aliphatic heterocycles. The monoisotopic (exact) mass is 471 g/mol. The molecular weight excluding hydrogens is 450 g/mol. The number of carbonyl (C=O) groups excluding carboxylic acids is 3. The quantitative estimate of drug-likeness (QED) is 0.336. The lowest BCUT2D eigenvalue weighted by Gasteiger charge is -2.24. The van der Waals surface area contributed by atoms with Crippen molar-refractivity contribution in [1.29, 1.82) is 0 Å². The van der Waals surface area contributed by atoms with Crippen molar-refractivity contribution in [2.45, 2.75) is 18.9 Å². The largest absolute Gasteiger partial charge is 0.506 e. The average molecular weight is 471 g/mol. The number of likely N-dealkylation sites (tertiary alicyclic amines) is 1. The van der Waals surface area contributed by atoms with Gasteiger partial charge in [-0.3, -0.25) is 30.0 Å². The Labute approximate surface area is 198 Å². The number of hydrogen-bond donors (Lipinski definition) is 4. The van der Waals surface area contributed by atoms with Crippen LogP contribution in [0.1, 0.15) is 33.7 Å². The van der Waals surface area contributed by atoms with Crippen LogP contribution in [0.5, 0.6) is 5.75 Å². The molecule has 4 N–H and O–H groups in total. The van der Waals surface area contributed by atoms with Gasteiger partial charge in [0.05, 0.1) is 10.9 Å². The Hall–Kier alpha value is -4.73. The van der Waals surface area contributed by atoms with Crippen molar-refractivity contribution in [3.63, 3.8) is 0 Å². The number of H-pyrrole nitrogens is 1. The van der Waals surface area contributed by atoms with Crippen molar-refractivity contribution in [2.24, 2.45) is 0 Å².